The number of tetrazole rings is 1. The molecule has 4 aromatic rings. The molecule has 0 bridgehead atoms. The number of fused-ring (bicyclic) bond motifs is 4. The van der Waals surface area contributed by atoms with Crippen molar-refractivity contribution in [1.29, 1.82) is 0 Å². The largest absolute Gasteiger partial charge is 0.303 e. The van der Waals surface area contributed by atoms with Crippen LogP contribution in [-0.2, 0) is 17.6 Å². The number of allylic oxidation sites excluding steroid dienone is 1. The molecular formula is C30H22ClFN6O2. The molecule has 0 unspecified atom stereocenters. The summed E-state index contributed by atoms with van der Waals surface area (Å²) in [5, 5.41) is 12.0. The number of ketones is 1. The summed E-state index contributed by atoms with van der Waals surface area (Å²) in [6.07, 6.45) is 4.45. The van der Waals surface area contributed by atoms with E-state index in [1.807, 2.05) is 36.4 Å². The van der Waals surface area contributed by atoms with E-state index >= 15 is 4.39 Å². The lowest BCUT2D eigenvalue weighted by molar-refractivity contribution is -0.118. The topological polar surface area (TPSA) is 95.0 Å². The predicted octanol–water partition coefficient (Wildman–Crippen LogP) is 5.04. The maximum absolute atomic E-state index is 15.3. The van der Waals surface area contributed by atoms with Crippen molar-refractivity contribution in [3.63, 3.8) is 0 Å². The molecule has 0 radical (unpaired) electrons. The minimum Gasteiger partial charge on any atom is -0.303 e. The van der Waals surface area contributed by atoms with Crippen molar-refractivity contribution in [2.24, 2.45) is 10.9 Å². The molecule has 1 saturated carbocycles. The first-order valence-corrected chi connectivity index (χ1v) is 13.7. The maximum Gasteiger partial charge on any atom is 0.251 e. The molecule has 8 rings (SSSR count). The van der Waals surface area contributed by atoms with Gasteiger partial charge in [0.2, 0.25) is 5.95 Å². The van der Waals surface area contributed by atoms with Crippen molar-refractivity contribution in [3.8, 4) is 16.8 Å². The Bertz CT molecular complexity index is 1880. The minimum atomic E-state index is -0.484. The highest BCUT2D eigenvalue weighted by molar-refractivity contribution is 6.31. The lowest BCUT2D eigenvalue weighted by Gasteiger charge is -2.20. The fraction of sp³-hybridized carbons (Fsp3) is 0.267. The first-order chi connectivity index (χ1) is 19.4. The molecule has 2 aromatic carbocycles. The Hall–Kier alpha value is -4.24. The number of hydrogen-bond donors (Lipinski definition) is 0. The molecule has 4 heterocycles. The Kier molecular flexibility index (Phi) is 5.10. The lowest BCUT2D eigenvalue weighted by atomic mass is 9.87. The van der Waals surface area contributed by atoms with Crippen LogP contribution in [0, 0.1) is 5.92 Å². The van der Waals surface area contributed by atoms with Crippen LogP contribution in [0.25, 0.3) is 22.4 Å². The van der Waals surface area contributed by atoms with E-state index in [9.17, 15) is 9.59 Å². The summed E-state index contributed by atoms with van der Waals surface area (Å²) in [4.78, 5) is 29.8. The zero-order valence-electron chi connectivity index (χ0n) is 21.2. The van der Waals surface area contributed by atoms with Gasteiger partial charge in [0.05, 0.1) is 11.7 Å². The van der Waals surface area contributed by atoms with Gasteiger partial charge in [0.1, 0.15) is 12.1 Å². The van der Waals surface area contributed by atoms with Gasteiger partial charge in [-0.2, -0.15) is 9.07 Å². The molecule has 10 heteroatoms. The van der Waals surface area contributed by atoms with Gasteiger partial charge < -0.3 is 4.57 Å². The van der Waals surface area contributed by atoms with Gasteiger partial charge in [-0.05, 0) is 75.7 Å². The normalized spacial score (nSPS) is 22.7. The van der Waals surface area contributed by atoms with Crippen LogP contribution in [-0.4, -0.2) is 36.3 Å². The summed E-state index contributed by atoms with van der Waals surface area (Å²) in [6, 6.07) is 14.6. The number of pyridine rings is 1. The summed E-state index contributed by atoms with van der Waals surface area (Å²) in [7, 11) is 0. The lowest BCUT2D eigenvalue weighted by Crippen LogP contribution is -2.29. The molecule has 40 heavy (non-hydrogen) atoms. The smallest absolute Gasteiger partial charge is 0.251 e. The van der Waals surface area contributed by atoms with Crippen LogP contribution in [0.4, 0.5) is 4.39 Å². The maximum atomic E-state index is 15.3. The van der Waals surface area contributed by atoms with Crippen molar-refractivity contribution >= 4 is 28.7 Å². The molecule has 0 N–H and O–H groups in total. The average molecular weight is 553 g/mol. The van der Waals surface area contributed by atoms with Gasteiger partial charge in [-0.1, -0.05) is 29.8 Å². The molecule has 1 fully saturated rings. The molecule has 2 aromatic heterocycles. The van der Waals surface area contributed by atoms with Crippen LogP contribution < -0.4 is 5.56 Å². The van der Waals surface area contributed by atoms with Gasteiger partial charge in [0.25, 0.3) is 5.56 Å². The zero-order chi connectivity index (χ0) is 27.1. The number of carbonyl (C=O) groups excluding carboxylic acids is 1. The van der Waals surface area contributed by atoms with E-state index in [1.165, 1.54) is 6.33 Å². The number of carbonyl (C=O) groups is 1. The Morgan fingerprint density at radius 2 is 1.85 bits per heavy atom. The highest BCUT2D eigenvalue weighted by Gasteiger charge is 2.55. The van der Waals surface area contributed by atoms with Gasteiger partial charge in [-0.15, -0.1) is 5.10 Å². The molecule has 0 amide bonds. The summed E-state index contributed by atoms with van der Waals surface area (Å²) in [5.74, 6) is 0.208. The summed E-state index contributed by atoms with van der Waals surface area (Å²) < 4.78 is 18.7. The van der Waals surface area contributed by atoms with Crippen molar-refractivity contribution in [1.82, 2.24) is 24.8 Å². The van der Waals surface area contributed by atoms with E-state index < -0.39 is 5.95 Å². The number of rotatable bonds is 4. The van der Waals surface area contributed by atoms with E-state index in [0.29, 0.717) is 47.7 Å². The first kappa shape index (κ1) is 23.6. The third-order valence-electron chi connectivity index (χ3n) is 8.67. The first-order valence-electron chi connectivity index (χ1n) is 13.3. The molecule has 4 aliphatic rings. The minimum absolute atomic E-state index is 0.151. The standard InChI is InChI=1S/C30H22ClFN6O2/c31-19-4-6-26(37-14-33-35-36-37)21(11-19)18-9-27-23-12-24(23)29(38(27)28(40)10-18)25-13-22(30(32)34-25)17-2-1-16-8-20(39)5-3-15(16)7-17/h1-2,4,6-7,9-11,14,23-24,29H,3,5,8,12-13H2/t23-,24+,29+/m1/s1. The Labute approximate surface area is 232 Å². The van der Waals surface area contributed by atoms with E-state index in [1.54, 1.807) is 21.4 Å². The third-order valence-corrected chi connectivity index (χ3v) is 8.91. The van der Waals surface area contributed by atoms with E-state index in [2.05, 4.69) is 20.5 Å². The zero-order valence-corrected chi connectivity index (χ0v) is 22.0. The quantitative estimate of drug-likeness (QED) is 0.330. The third kappa shape index (κ3) is 3.64. The Morgan fingerprint density at radius 1 is 0.950 bits per heavy atom. The molecule has 8 nitrogen and oxygen atoms in total. The van der Waals surface area contributed by atoms with Crippen molar-refractivity contribution in [3.05, 3.63) is 98.6 Å². The van der Waals surface area contributed by atoms with Crippen LogP contribution in [0.5, 0.6) is 0 Å². The SMILES string of the molecule is O=C1CCc2cc(C3=C(F)N=C([C@@H]4[C@H]5C[C@H]5c5cc(-c6cc(Cl)ccc6-n6cnnn6)cc(=O)n54)C3)ccc2C1. The molecule has 0 saturated heterocycles. The van der Waals surface area contributed by atoms with E-state index in [-0.39, 0.29) is 29.2 Å². The molecule has 2 aliphatic carbocycles. The van der Waals surface area contributed by atoms with Crippen LogP contribution >= 0.6 is 11.6 Å². The fourth-order valence-electron chi connectivity index (χ4n) is 6.71. The molecule has 198 valence electrons. The highest BCUT2D eigenvalue weighted by Crippen LogP contribution is 2.60. The second-order valence-electron chi connectivity index (χ2n) is 11.0. The number of nitrogens with zero attached hydrogens (tertiary/aromatic N) is 6. The number of aromatic nitrogens is 5. The second-order valence-corrected chi connectivity index (χ2v) is 11.4. The molecule has 3 atom stereocenters. The van der Waals surface area contributed by atoms with Gasteiger partial charge in [0, 0.05) is 58.8 Å². The van der Waals surface area contributed by atoms with Crippen LogP contribution in [0.2, 0.25) is 5.02 Å². The molecule has 0 spiro atoms. The highest BCUT2D eigenvalue weighted by atomic mass is 35.5. The van der Waals surface area contributed by atoms with Crippen LogP contribution in [0.15, 0.2) is 70.6 Å². The van der Waals surface area contributed by atoms with Crippen molar-refractivity contribution in [2.75, 3.05) is 0 Å². The monoisotopic (exact) mass is 552 g/mol. The van der Waals surface area contributed by atoms with Gasteiger partial charge >= 0.3 is 0 Å². The van der Waals surface area contributed by atoms with Crippen LogP contribution in [0.1, 0.15) is 53.6 Å². The number of aryl methyl sites for hydroxylation is 1. The van der Waals surface area contributed by atoms with E-state index in [0.717, 1.165) is 39.9 Å². The molecule has 2 aliphatic heterocycles. The van der Waals surface area contributed by atoms with Crippen molar-refractivity contribution < 1.29 is 9.18 Å². The van der Waals surface area contributed by atoms with Gasteiger partial charge in [-0.3, -0.25) is 9.59 Å². The fourth-order valence-corrected chi connectivity index (χ4v) is 6.89. The van der Waals surface area contributed by atoms with Gasteiger partial charge in [-0.25, -0.2) is 4.99 Å². The van der Waals surface area contributed by atoms with Crippen molar-refractivity contribution in [2.45, 2.75) is 44.1 Å². The predicted molar refractivity (Wildman–Crippen MR) is 147 cm³/mol. The second kappa shape index (κ2) is 8.63. The Morgan fingerprint density at radius 3 is 2.70 bits per heavy atom. The molecular weight excluding hydrogens is 531 g/mol. The van der Waals surface area contributed by atoms with E-state index in [4.69, 9.17) is 11.6 Å². The van der Waals surface area contributed by atoms with Crippen LogP contribution in [0.3, 0.4) is 0 Å². The Balaban J connectivity index is 1.13. The number of benzene rings is 2. The summed E-state index contributed by atoms with van der Waals surface area (Å²) >= 11 is 6.34. The summed E-state index contributed by atoms with van der Waals surface area (Å²) in [5.41, 5.74) is 7.16. The summed E-state index contributed by atoms with van der Waals surface area (Å²) in [6.45, 7) is 0. The number of Topliss-reactive ketones (excluding diaryl/α,β-unsaturated/α-hetero) is 1. The number of halogens is 2. The average Bonchev–Trinajstić information content (AvgIpc) is 3.24. The van der Waals surface area contributed by atoms with Gasteiger partial charge in [0.15, 0.2) is 0 Å². The number of hydrogen-bond acceptors (Lipinski definition) is 6. The number of aliphatic imine (C=N–C) groups is 1.